The molecule has 2 amide bonds. The van der Waals surface area contributed by atoms with E-state index in [2.05, 4.69) is 20.8 Å². The summed E-state index contributed by atoms with van der Waals surface area (Å²) in [5.41, 5.74) is -0.764. The fraction of sp³-hybridized carbons (Fsp3) is 0.600. The molecule has 8 nitrogen and oxygen atoms in total. The van der Waals surface area contributed by atoms with Gasteiger partial charge in [-0.25, -0.2) is 4.79 Å². The van der Waals surface area contributed by atoms with Crippen molar-refractivity contribution < 1.29 is 19.2 Å². The van der Waals surface area contributed by atoms with Gasteiger partial charge in [0.15, 0.2) is 5.82 Å². The van der Waals surface area contributed by atoms with Gasteiger partial charge in [0.05, 0.1) is 12.0 Å². The molecule has 0 bridgehead atoms. The third kappa shape index (κ3) is 2.76. The van der Waals surface area contributed by atoms with Crippen LogP contribution in [0.2, 0.25) is 0 Å². The summed E-state index contributed by atoms with van der Waals surface area (Å²) in [5.74, 6) is -0.0615. The molecule has 0 aliphatic heterocycles. The second-order valence-electron chi connectivity index (χ2n) is 4.35. The van der Waals surface area contributed by atoms with E-state index in [1.54, 1.807) is 6.92 Å². The average molecular weight is 254 g/mol. The number of rotatable bonds is 5. The minimum atomic E-state index is -0.864. The molecule has 8 heteroatoms. The Kier molecular flexibility index (Phi) is 3.17. The highest BCUT2D eigenvalue weighted by Crippen LogP contribution is 2.45. The number of carbonyl (C=O) groups is 2. The summed E-state index contributed by atoms with van der Waals surface area (Å²) < 4.78 is 4.74. The van der Waals surface area contributed by atoms with Crippen molar-refractivity contribution in [1.29, 1.82) is 0 Å². The Morgan fingerprint density at radius 1 is 1.44 bits per heavy atom. The second kappa shape index (κ2) is 4.63. The number of carboxylic acid groups (broad SMARTS) is 1. The maximum Gasteiger partial charge on any atom is 0.315 e. The van der Waals surface area contributed by atoms with Crippen molar-refractivity contribution in [3.8, 4) is 0 Å². The molecule has 1 saturated carbocycles. The number of amides is 2. The molecule has 1 aliphatic rings. The first-order valence-corrected chi connectivity index (χ1v) is 5.56. The third-order valence-electron chi connectivity index (χ3n) is 2.87. The third-order valence-corrected chi connectivity index (χ3v) is 2.87. The lowest BCUT2D eigenvalue weighted by Gasteiger charge is -2.11. The highest BCUT2D eigenvalue weighted by molar-refractivity contribution is 5.80. The number of urea groups is 1. The first kappa shape index (κ1) is 12.3. The van der Waals surface area contributed by atoms with Gasteiger partial charge in [0, 0.05) is 13.5 Å². The van der Waals surface area contributed by atoms with E-state index in [1.807, 2.05) is 0 Å². The van der Waals surface area contributed by atoms with Gasteiger partial charge < -0.3 is 20.3 Å². The van der Waals surface area contributed by atoms with Crippen molar-refractivity contribution in [2.45, 2.75) is 26.3 Å². The van der Waals surface area contributed by atoms with Crippen LogP contribution in [0, 0.1) is 12.3 Å². The van der Waals surface area contributed by atoms with Crippen LogP contribution < -0.4 is 10.6 Å². The second-order valence-corrected chi connectivity index (χ2v) is 4.35. The number of nitrogens with one attached hydrogen (secondary N) is 2. The number of aliphatic carboxylic acids is 1. The molecule has 18 heavy (non-hydrogen) atoms. The molecule has 0 spiro atoms. The number of hydrogen-bond acceptors (Lipinski definition) is 5. The topological polar surface area (TPSA) is 117 Å². The van der Waals surface area contributed by atoms with Crippen LogP contribution in [0.5, 0.6) is 0 Å². The summed E-state index contributed by atoms with van der Waals surface area (Å²) in [7, 11) is 0. The number of nitrogens with zero attached hydrogens (tertiary/aromatic N) is 2. The van der Waals surface area contributed by atoms with Crippen LogP contribution in [0.25, 0.3) is 0 Å². The molecule has 0 saturated heterocycles. The van der Waals surface area contributed by atoms with Crippen molar-refractivity contribution in [3.05, 3.63) is 11.7 Å². The van der Waals surface area contributed by atoms with Crippen LogP contribution in [0.3, 0.4) is 0 Å². The lowest BCUT2D eigenvalue weighted by atomic mass is 10.1. The molecule has 0 aromatic carbocycles. The number of carbonyl (C=O) groups excluding carboxylic acids is 1. The van der Waals surface area contributed by atoms with E-state index in [4.69, 9.17) is 9.63 Å². The largest absolute Gasteiger partial charge is 0.481 e. The lowest BCUT2D eigenvalue weighted by molar-refractivity contribution is -0.143. The number of aryl methyl sites for hydroxylation is 1. The quantitative estimate of drug-likeness (QED) is 0.683. The minimum Gasteiger partial charge on any atom is -0.481 e. The van der Waals surface area contributed by atoms with E-state index in [9.17, 15) is 9.59 Å². The van der Waals surface area contributed by atoms with Gasteiger partial charge in [-0.2, -0.15) is 4.98 Å². The first-order valence-electron chi connectivity index (χ1n) is 5.56. The number of hydrogen-bond donors (Lipinski definition) is 3. The van der Waals surface area contributed by atoms with Gasteiger partial charge in [-0.15, -0.1) is 0 Å². The standard InChI is InChI=1S/C10H14N4O4/c1-6-13-7(14-18-6)4-11-9(17)12-5-10(2-3-10)8(15)16/h2-5H2,1H3,(H,15,16)(H2,11,12,17). The molecule has 0 atom stereocenters. The summed E-state index contributed by atoms with van der Waals surface area (Å²) in [4.78, 5) is 26.2. The summed E-state index contributed by atoms with van der Waals surface area (Å²) in [6.45, 7) is 1.93. The lowest BCUT2D eigenvalue weighted by Crippen LogP contribution is -2.40. The fourth-order valence-electron chi connectivity index (χ4n) is 1.50. The van der Waals surface area contributed by atoms with E-state index in [0.717, 1.165) is 0 Å². The Morgan fingerprint density at radius 2 is 2.17 bits per heavy atom. The van der Waals surface area contributed by atoms with Gasteiger partial charge in [-0.3, -0.25) is 4.79 Å². The molecule has 2 rings (SSSR count). The Balaban J connectivity index is 1.71. The van der Waals surface area contributed by atoms with Crippen molar-refractivity contribution in [3.63, 3.8) is 0 Å². The average Bonchev–Trinajstić information content (AvgIpc) is 3.02. The Bertz CT molecular complexity index is 466. The van der Waals surface area contributed by atoms with Crippen molar-refractivity contribution in [2.24, 2.45) is 5.41 Å². The van der Waals surface area contributed by atoms with Crippen molar-refractivity contribution in [1.82, 2.24) is 20.8 Å². The van der Waals surface area contributed by atoms with E-state index in [0.29, 0.717) is 24.6 Å². The zero-order chi connectivity index (χ0) is 13.2. The Labute approximate surface area is 103 Å². The Morgan fingerprint density at radius 3 is 2.67 bits per heavy atom. The highest BCUT2D eigenvalue weighted by Gasteiger charge is 2.50. The normalized spacial score (nSPS) is 16.1. The fourth-order valence-corrected chi connectivity index (χ4v) is 1.50. The monoisotopic (exact) mass is 254 g/mol. The van der Waals surface area contributed by atoms with E-state index < -0.39 is 17.4 Å². The zero-order valence-electron chi connectivity index (χ0n) is 9.89. The van der Waals surface area contributed by atoms with Gasteiger partial charge >= 0.3 is 12.0 Å². The van der Waals surface area contributed by atoms with Gasteiger partial charge in [-0.1, -0.05) is 5.16 Å². The molecule has 98 valence electrons. The first-order chi connectivity index (χ1) is 8.52. The molecule has 1 fully saturated rings. The van der Waals surface area contributed by atoms with Crippen LogP contribution in [0.1, 0.15) is 24.6 Å². The predicted molar refractivity (Wildman–Crippen MR) is 58.6 cm³/mol. The highest BCUT2D eigenvalue weighted by atomic mass is 16.5. The zero-order valence-corrected chi connectivity index (χ0v) is 9.89. The molecule has 0 unspecified atom stereocenters. The van der Waals surface area contributed by atoms with Gasteiger partial charge in [-0.05, 0) is 12.8 Å². The van der Waals surface area contributed by atoms with Crippen LogP contribution in [0.4, 0.5) is 4.79 Å². The molecular weight excluding hydrogens is 240 g/mol. The van der Waals surface area contributed by atoms with Gasteiger partial charge in [0.2, 0.25) is 5.89 Å². The number of carboxylic acids is 1. The predicted octanol–water partition coefficient (Wildman–Crippen LogP) is 0.0420. The van der Waals surface area contributed by atoms with Gasteiger partial charge in [0.25, 0.3) is 0 Å². The van der Waals surface area contributed by atoms with Crippen molar-refractivity contribution >= 4 is 12.0 Å². The molecular formula is C10H14N4O4. The van der Waals surface area contributed by atoms with Crippen LogP contribution in [-0.2, 0) is 11.3 Å². The SMILES string of the molecule is Cc1nc(CNC(=O)NCC2(C(=O)O)CC2)no1. The maximum atomic E-state index is 11.4. The molecule has 1 aromatic heterocycles. The molecule has 1 heterocycles. The van der Waals surface area contributed by atoms with Crippen LogP contribution in [-0.4, -0.2) is 33.8 Å². The molecule has 1 aliphatic carbocycles. The Hall–Kier alpha value is -2.12. The van der Waals surface area contributed by atoms with Crippen molar-refractivity contribution in [2.75, 3.05) is 6.54 Å². The summed E-state index contributed by atoms with van der Waals surface area (Å²) in [6.07, 6.45) is 1.21. The molecule has 3 N–H and O–H groups in total. The van der Waals surface area contributed by atoms with Crippen LogP contribution >= 0.6 is 0 Å². The minimum absolute atomic E-state index is 0.138. The maximum absolute atomic E-state index is 11.4. The smallest absolute Gasteiger partial charge is 0.315 e. The molecule has 0 radical (unpaired) electrons. The van der Waals surface area contributed by atoms with Gasteiger partial charge in [0.1, 0.15) is 0 Å². The molecule has 1 aromatic rings. The summed E-state index contributed by atoms with van der Waals surface area (Å²) in [5, 5.41) is 17.6. The summed E-state index contributed by atoms with van der Waals surface area (Å²) in [6, 6.07) is -0.440. The summed E-state index contributed by atoms with van der Waals surface area (Å²) >= 11 is 0. The van der Waals surface area contributed by atoms with E-state index in [1.165, 1.54) is 0 Å². The van der Waals surface area contributed by atoms with Crippen LogP contribution in [0.15, 0.2) is 4.52 Å². The van der Waals surface area contributed by atoms with E-state index >= 15 is 0 Å². The van der Waals surface area contributed by atoms with E-state index in [-0.39, 0.29) is 13.1 Å². The number of aromatic nitrogens is 2.